The summed E-state index contributed by atoms with van der Waals surface area (Å²) >= 11 is 23.7. The van der Waals surface area contributed by atoms with Gasteiger partial charge in [0.15, 0.2) is 5.82 Å². The van der Waals surface area contributed by atoms with Gasteiger partial charge in [0.25, 0.3) is 10.0 Å². The van der Waals surface area contributed by atoms with Gasteiger partial charge in [-0.1, -0.05) is 58.5 Å². The zero-order valence-electron chi connectivity index (χ0n) is 16.9. The third-order valence-corrected chi connectivity index (χ3v) is 6.56. The number of nitrogens with one attached hydrogen (secondary N) is 3. The first kappa shape index (κ1) is 25.8. The fourth-order valence-electron chi connectivity index (χ4n) is 2.70. The summed E-state index contributed by atoms with van der Waals surface area (Å²) in [5, 5.41) is 5.29. The molecule has 0 unspecified atom stereocenters. The minimum absolute atomic E-state index is 0.00451. The smallest absolute Gasteiger partial charge is 0.328 e. The number of rotatable bonds is 7. The maximum atomic E-state index is 12.3. The highest BCUT2D eigenvalue weighted by Crippen LogP contribution is 2.36. The Balaban J connectivity index is 1.58. The van der Waals surface area contributed by atoms with Crippen LogP contribution in [0.25, 0.3) is 0 Å². The Morgan fingerprint density at radius 1 is 1.09 bits per heavy atom. The maximum absolute atomic E-state index is 12.3. The molecule has 1 aromatic heterocycles. The second kappa shape index (κ2) is 11.1. The number of ether oxygens (including phenoxy) is 1. The zero-order chi connectivity index (χ0) is 24.1. The Morgan fingerprint density at radius 3 is 2.45 bits per heavy atom. The van der Waals surface area contributed by atoms with E-state index in [2.05, 4.69) is 25.6 Å². The molecule has 0 radical (unpaired) electrons. The molecule has 0 saturated carbocycles. The summed E-state index contributed by atoms with van der Waals surface area (Å²) in [5.41, 5.74) is 0. The maximum Gasteiger partial charge on any atom is 0.328 e. The Morgan fingerprint density at radius 2 is 1.79 bits per heavy atom. The minimum atomic E-state index is -4.13. The van der Waals surface area contributed by atoms with Gasteiger partial charge in [0.2, 0.25) is 15.7 Å². The van der Waals surface area contributed by atoms with Gasteiger partial charge in [0, 0.05) is 26.2 Å². The molecule has 2 amide bonds. The van der Waals surface area contributed by atoms with Gasteiger partial charge >= 0.3 is 6.03 Å². The third kappa shape index (κ3) is 7.33. The molecule has 33 heavy (non-hydrogen) atoms. The standard InChI is InChI=1S/C17H19Cl4N7O4S/c18-11-3-1-2-4-12(11)33(30,31)27-16(29)23-6-5-22-14-24-13(17(19,20)21)25-15(26-14)28-7-9-32-10-8-28/h1-4H,5-10H2,(H2,23,27,29)(H,22,24,25,26). The number of amides is 2. The highest BCUT2D eigenvalue weighted by molar-refractivity contribution is 7.90. The van der Waals surface area contributed by atoms with Crippen molar-refractivity contribution in [2.75, 3.05) is 49.6 Å². The molecule has 1 aliphatic rings. The van der Waals surface area contributed by atoms with E-state index in [0.717, 1.165) is 0 Å². The lowest BCUT2D eigenvalue weighted by atomic mass is 10.4. The van der Waals surface area contributed by atoms with Crippen molar-refractivity contribution in [1.29, 1.82) is 0 Å². The molecule has 0 spiro atoms. The number of carbonyl (C=O) groups is 1. The van der Waals surface area contributed by atoms with Crippen LogP contribution in [0, 0.1) is 0 Å². The van der Waals surface area contributed by atoms with Crippen molar-refractivity contribution in [2.45, 2.75) is 8.69 Å². The topological polar surface area (TPSA) is 138 Å². The first-order valence-corrected chi connectivity index (χ1v) is 12.5. The Bertz CT molecular complexity index is 1100. The number of urea groups is 1. The van der Waals surface area contributed by atoms with Crippen LogP contribution in [0.2, 0.25) is 5.02 Å². The molecule has 16 heteroatoms. The predicted molar refractivity (Wildman–Crippen MR) is 126 cm³/mol. The SMILES string of the molecule is O=C(NCCNc1nc(N2CCOCC2)nc(C(Cl)(Cl)Cl)n1)NS(=O)(=O)c1ccccc1Cl. The first-order chi connectivity index (χ1) is 15.6. The van der Waals surface area contributed by atoms with Crippen molar-refractivity contribution in [3.05, 3.63) is 35.1 Å². The molecular formula is C17H19Cl4N7O4S. The van der Waals surface area contributed by atoms with Crippen LogP contribution < -0.4 is 20.3 Å². The van der Waals surface area contributed by atoms with E-state index < -0.39 is 19.8 Å². The van der Waals surface area contributed by atoms with Gasteiger partial charge in [-0.25, -0.2) is 17.9 Å². The summed E-state index contributed by atoms with van der Waals surface area (Å²) in [6, 6.07) is 4.83. The summed E-state index contributed by atoms with van der Waals surface area (Å²) in [6.07, 6.45) is 0. The molecule has 0 aliphatic carbocycles. The van der Waals surface area contributed by atoms with E-state index in [1.807, 2.05) is 9.62 Å². The van der Waals surface area contributed by atoms with E-state index in [-0.39, 0.29) is 34.8 Å². The molecule has 1 aliphatic heterocycles. The van der Waals surface area contributed by atoms with Crippen LogP contribution in [0.5, 0.6) is 0 Å². The van der Waals surface area contributed by atoms with Crippen molar-refractivity contribution >= 4 is 74.4 Å². The summed E-state index contributed by atoms with van der Waals surface area (Å²) < 4.78 is 29.9. The first-order valence-electron chi connectivity index (χ1n) is 9.51. The quantitative estimate of drug-likeness (QED) is 0.345. The molecular weight excluding hydrogens is 540 g/mol. The highest BCUT2D eigenvalue weighted by Gasteiger charge is 2.29. The Hall–Kier alpha value is -1.83. The van der Waals surface area contributed by atoms with Gasteiger partial charge in [-0.05, 0) is 12.1 Å². The Labute approximate surface area is 210 Å². The number of sulfonamides is 1. The molecule has 180 valence electrons. The van der Waals surface area contributed by atoms with Gasteiger partial charge in [0.05, 0.1) is 18.2 Å². The molecule has 1 saturated heterocycles. The average Bonchev–Trinajstić information content (AvgIpc) is 2.76. The fourth-order valence-corrected chi connectivity index (χ4v) is 4.40. The average molecular weight is 559 g/mol. The van der Waals surface area contributed by atoms with Gasteiger partial charge < -0.3 is 20.3 Å². The van der Waals surface area contributed by atoms with E-state index in [4.69, 9.17) is 51.1 Å². The van der Waals surface area contributed by atoms with Crippen molar-refractivity contribution in [2.24, 2.45) is 0 Å². The van der Waals surface area contributed by atoms with Crippen LogP contribution in [0.3, 0.4) is 0 Å². The fraction of sp³-hybridized carbons (Fsp3) is 0.412. The van der Waals surface area contributed by atoms with Crippen LogP contribution in [0.4, 0.5) is 16.7 Å². The second-order valence-corrected chi connectivity index (χ2v) is 10.9. The zero-order valence-corrected chi connectivity index (χ0v) is 20.7. The monoisotopic (exact) mass is 557 g/mol. The normalized spacial score (nSPS) is 14.6. The lowest BCUT2D eigenvalue weighted by Crippen LogP contribution is -2.41. The van der Waals surface area contributed by atoms with Crippen molar-refractivity contribution in [3.8, 4) is 0 Å². The van der Waals surface area contributed by atoms with E-state index in [1.54, 1.807) is 6.07 Å². The van der Waals surface area contributed by atoms with Gasteiger partial charge in [0.1, 0.15) is 4.90 Å². The predicted octanol–water partition coefficient (Wildman–Crippen LogP) is 2.29. The van der Waals surface area contributed by atoms with Crippen molar-refractivity contribution in [1.82, 2.24) is 25.0 Å². The number of hydrogen-bond donors (Lipinski definition) is 3. The number of alkyl halides is 3. The number of morpholine rings is 1. The number of nitrogens with zero attached hydrogens (tertiary/aromatic N) is 4. The summed E-state index contributed by atoms with van der Waals surface area (Å²) in [4.78, 5) is 26.3. The van der Waals surface area contributed by atoms with Crippen LogP contribution in [-0.2, 0) is 18.6 Å². The summed E-state index contributed by atoms with van der Waals surface area (Å²) in [7, 11) is -4.13. The Kier molecular flexibility index (Phi) is 8.65. The van der Waals surface area contributed by atoms with E-state index in [0.29, 0.717) is 32.3 Å². The van der Waals surface area contributed by atoms with E-state index in [1.165, 1.54) is 18.2 Å². The summed E-state index contributed by atoms with van der Waals surface area (Å²) in [6.45, 7) is 2.31. The number of benzene rings is 1. The molecule has 0 bridgehead atoms. The lowest BCUT2D eigenvalue weighted by molar-refractivity contribution is 0.122. The number of anilines is 2. The molecule has 11 nitrogen and oxygen atoms in total. The summed E-state index contributed by atoms with van der Waals surface area (Å²) in [5.74, 6) is 0.371. The largest absolute Gasteiger partial charge is 0.378 e. The number of carbonyl (C=O) groups excluding carboxylic acids is 1. The molecule has 2 aromatic rings. The highest BCUT2D eigenvalue weighted by atomic mass is 35.6. The van der Waals surface area contributed by atoms with Crippen LogP contribution in [0.15, 0.2) is 29.2 Å². The number of aromatic nitrogens is 3. The van der Waals surface area contributed by atoms with E-state index >= 15 is 0 Å². The third-order valence-electron chi connectivity index (χ3n) is 4.22. The van der Waals surface area contributed by atoms with E-state index in [9.17, 15) is 13.2 Å². The van der Waals surface area contributed by atoms with Crippen LogP contribution in [-0.4, -0.2) is 68.8 Å². The molecule has 0 atom stereocenters. The van der Waals surface area contributed by atoms with Crippen molar-refractivity contribution in [3.63, 3.8) is 0 Å². The van der Waals surface area contributed by atoms with Crippen LogP contribution >= 0.6 is 46.4 Å². The molecule has 1 aromatic carbocycles. The number of hydrogen-bond acceptors (Lipinski definition) is 9. The lowest BCUT2D eigenvalue weighted by Gasteiger charge is -2.27. The molecule has 2 heterocycles. The van der Waals surface area contributed by atoms with Crippen LogP contribution in [0.1, 0.15) is 5.82 Å². The van der Waals surface area contributed by atoms with Gasteiger partial charge in [-0.2, -0.15) is 15.0 Å². The molecule has 3 N–H and O–H groups in total. The van der Waals surface area contributed by atoms with Gasteiger partial charge in [-0.3, -0.25) is 0 Å². The molecule has 1 fully saturated rings. The molecule has 3 rings (SSSR count). The van der Waals surface area contributed by atoms with Gasteiger partial charge in [-0.15, -0.1) is 0 Å². The van der Waals surface area contributed by atoms with Crippen molar-refractivity contribution < 1.29 is 17.9 Å². The minimum Gasteiger partial charge on any atom is -0.378 e. The number of halogens is 4. The second-order valence-electron chi connectivity index (χ2n) is 6.60.